The number of carbonyl (C=O) groups is 1. The van der Waals surface area contributed by atoms with Gasteiger partial charge in [0.25, 0.3) is 4.84 Å². The van der Waals surface area contributed by atoms with Crippen molar-refractivity contribution in [2.24, 2.45) is 0 Å². The largest absolute Gasteiger partial charge is 0.409 e. The minimum absolute atomic E-state index is 0.0673. The van der Waals surface area contributed by atoms with Gasteiger partial charge in [-0.1, -0.05) is 45.8 Å². The average molecular weight is 403 g/mol. The summed E-state index contributed by atoms with van der Waals surface area (Å²) in [5, 5.41) is 4.39. The predicted octanol–water partition coefficient (Wildman–Crippen LogP) is 5.39. The van der Waals surface area contributed by atoms with Crippen LogP contribution in [0.1, 0.15) is 28.9 Å². The maximum atomic E-state index is 12.6. The van der Waals surface area contributed by atoms with Crippen molar-refractivity contribution in [3.8, 4) is 11.5 Å². The molecule has 0 radical (unpaired) electrons. The fourth-order valence-corrected chi connectivity index (χ4v) is 2.85. The van der Waals surface area contributed by atoms with Crippen molar-refractivity contribution in [1.29, 1.82) is 0 Å². The van der Waals surface area contributed by atoms with Crippen molar-refractivity contribution < 1.29 is 9.21 Å². The Bertz CT molecular complexity index is 927. The maximum Gasteiger partial charge on any atom is 0.287 e. The molecule has 3 aromatic rings. The van der Waals surface area contributed by atoms with Gasteiger partial charge in [0.05, 0.1) is 0 Å². The molecule has 0 aliphatic rings. The van der Waals surface area contributed by atoms with Crippen LogP contribution in [-0.2, 0) is 0 Å². The lowest BCUT2D eigenvalue weighted by molar-refractivity contribution is 0.0925. The van der Waals surface area contributed by atoms with Crippen LogP contribution >= 0.6 is 28.1 Å². The average Bonchev–Trinajstić information content (AvgIpc) is 2.96. The van der Waals surface area contributed by atoms with Gasteiger partial charge in [0.2, 0.25) is 5.89 Å². The lowest BCUT2D eigenvalue weighted by Gasteiger charge is -2.09. The number of carbonyl (C=O) groups excluding carboxylic acids is 1. The van der Waals surface area contributed by atoms with Crippen LogP contribution in [0.3, 0.4) is 0 Å². The van der Waals surface area contributed by atoms with E-state index in [1.165, 1.54) is 4.68 Å². The Hall–Kier alpha value is -2.05. The van der Waals surface area contributed by atoms with Gasteiger partial charge in [0, 0.05) is 15.6 Å². The SMILES string of the molecule is Cc1ccc(-c2nn(C(C)C(=O)c3ccc(Br)cc3)c(=S)o2)cc1. The van der Waals surface area contributed by atoms with E-state index in [1.807, 2.05) is 43.3 Å². The number of halogens is 1. The molecule has 0 N–H and O–H groups in total. The Kier molecular flexibility index (Phi) is 4.78. The molecular weight excluding hydrogens is 388 g/mol. The third-order valence-corrected chi connectivity index (χ3v) is 4.54. The lowest BCUT2D eigenvalue weighted by Crippen LogP contribution is -2.18. The molecule has 1 unspecified atom stereocenters. The van der Waals surface area contributed by atoms with Gasteiger partial charge in [-0.15, -0.1) is 5.10 Å². The Morgan fingerprint density at radius 3 is 2.42 bits per heavy atom. The van der Waals surface area contributed by atoms with Gasteiger partial charge in [-0.05, 0) is 50.3 Å². The number of nitrogens with zero attached hydrogens (tertiary/aromatic N) is 2. The monoisotopic (exact) mass is 402 g/mol. The van der Waals surface area contributed by atoms with E-state index >= 15 is 0 Å². The molecule has 0 saturated carbocycles. The molecule has 6 heteroatoms. The molecule has 0 amide bonds. The van der Waals surface area contributed by atoms with Crippen LogP contribution in [0, 0.1) is 11.8 Å². The molecule has 24 heavy (non-hydrogen) atoms. The number of ketones is 1. The first-order valence-electron chi connectivity index (χ1n) is 7.42. The zero-order chi connectivity index (χ0) is 17.3. The second kappa shape index (κ2) is 6.83. The fourth-order valence-electron chi connectivity index (χ4n) is 2.31. The summed E-state index contributed by atoms with van der Waals surface area (Å²) >= 11 is 8.60. The van der Waals surface area contributed by atoms with Crippen molar-refractivity contribution in [3.05, 3.63) is 69.0 Å². The van der Waals surface area contributed by atoms with E-state index in [4.69, 9.17) is 16.6 Å². The van der Waals surface area contributed by atoms with E-state index < -0.39 is 6.04 Å². The Morgan fingerprint density at radius 1 is 1.17 bits per heavy atom. The lowest BCUT2D eigenvalue weighted by atomic mass is 10.1. The number of hydrogen-bond acceptors (Lipinski definition) is 4. The van der Waals surface area contributed by atoms with Crippen molar-refractivity contribution in [1.82, 2.24) is 9.78 Å². The summed E-state index contributed by atoms with van der Waals surface area (Å²) in [7, 11) is 0. The first kappa shape index (κ1) is 16.8. The number of benzene rings is 2. The van der Waals surface area contributed by atoms with E-state index in [9.17, 15) is 4.79 Å². The molecule has 0 aliphatic heterocycles. The normalized spacial score (nSPS) is 12.1. The van der Waals surface area contributed by atoms with Gasteiger partial charge in [-0.2, -0.15) is 0 Å². The van der Waals surface area contributed by atoms with Crippen LogP contribution in [0.2, 0.25) is 0 Å². The first-order valence-corrected chi connectivity index (χ1v) is 8.62. The number of Topliss-reactive ketones (excluding diaryl/α,β-unsaturated/α-hetero) is 1. The Balaban J connectivity index is 1.91. The highest BCUT2D eigenvalue weighted by atomic mass is 79.9. The van der Waals surface area contributed by atoms with Gasteiger partial charge < -0.3 is 4.42 Å². The summed E-state index contributed by atoms with van der Waals surface area (Å²) in [5.74, 6) is 0.345. The van der Waals surface area contributed by atoms with E-state index in [0.29, 0.717) is 11.5 Å². The smallest absolute Gasteiger partial charge is 0.287 e. The number of aryl methyl sites for hydroxylation is 1. The third kappa shape index (κ3) is 3.39. The van der Waals surface area contributed by atoms with Crippen LogP contribution in [0.4, 0.5) is 0 Å². The van der Waals surface area contributed by atoms with Crippen LogP contribution in [0.15, 0.2) is 57.4 Å². The maximum absolute atomic E-state index is 12.6. The molecule has 1 heterocycles. The summed E-state index contributed by atoms with van der Waals surface area (Å²) in [4.78, 5) is 12.8. The first-order chi connectivity index (χ1) is 11.5. The molecule has 1 aromatic heterocycles. The Labute approximate surface area is 153 Å². The molecule has 0 fully saturated rings. The summed E-state index contributed by atoms with van der Waals surface area (Å²) < 4.78 is 7.95. The Morgan fingerprint density at radius 2 is 1.79 bits per heavy atom. The standard InChI is InChI=1S/C18H15BrN2O2S/c1-11-3-5-14(6-4-11)17-20-21(18(24)23-17)12(2)16(22)13-7-9-15(19)10-8-13/h3-10,12H,1-2H3. The van der Waals surface area contributed by atoms with Gasteiger partial charge >= 0.3 is 0 Å². The summed E-state index contributed by atoms with van der Waals surface area (Å²) in [6.45, 7) is 3.78. The molecule has 0 bridgehead atoms. The second-order valence-electron chi connectivity index (χ2n) is 5.53. The minimum Gasteiger partial charge on any atom is -0.409 e. The summed E-state index contributed by atoms with van der Waals surface area (Å²) in [5.41, 5.74) is 2.58. The van der Waals surface area contributed by atoms with Crippen LogP contribution in [0.5, 0.6) is 0 Å². The van der Waals surface area contributed by atoms with Gasteiger partial charge in [0.1, 0.15) is 6.04 Å². The van der Waals surface area contributed by atoms with Gasteiger partial charge in [-0.3, -0.25) is 4.79 Å². The topological polar surface area (TPSA) is 48.0 Å². The van der Waals surface area contributed by atoms with Gasteiger partial charge in [-0.25, -0.2) is 4.68 Å². The van der Waals surface area contributed by atoms with Crippen molar-refractivity contribution in [2.75, 3.05) is 0 Å². The zero-order valence-electron chi connectivity index (χ0n) is 13.2. The minimum atomic E-state index is -0.540. The van der Waals surface area contributed by atoms with Crippen molar-refractivity contribution >= 4 is 33.9 Å². The predicted molar refractivity (Wildman–Crippen MR) is 98.7 cm³/mol. The molecule has 2 aromatic carbocycles. The molecule has 0 spiro atoms. The van der Waals surface area contributed by atoms with Crippen LogP contribution < -0.4 is 0 Å². The number of hydrogen-bond donors (Lipinski definition) is 0. The highest BCUT2D eigenvalue weighted by molar-refractivity contribution is 9.10. The molecule has 0 aliphatic carbocycles. The summed E-state index contributed by atoms with van der Waals surface area (Å²) in [6.07, 6.45) is 0. The highest BCUT2D eigenvalue weighted by Gasteiger charge is 2.21. The zero-order valence-corrected chi connectivity index (χ0v) is 15.6. The molecule has 1 atom stereocenters. The fraction of sp³-hybridized carbons (Fsp3) is 0.167. The quantitative estimate of drug-likeness (QED) is 0.433. The van der Waals surface area contributed by atoms with E-state index in [-0.39, 0.29) is 10.6 Å². The number of rotatable bonds is 4. The van der Waals surface area contributed by atoms with E-state index in [2.05, 4.69) is 21.0 Å². The molecule has 4 nitrogen and oxygen atoms in total. The highest BCUT2D eigenvalue weighted by Crippen LogP contribution is 2.22. The number of aromatic nitrogens is 2. The summed E-state index contributed by atoms with van der Waals surface area (Å²) in [6, 6.07) is 14.5. The van der Waals surface area contributed by atoms with E-state index in [1.54, 1.807) is 19.1 Å². The molecule has 122 valence electrons. The van der Waals surface area contributed by atoms with Crippen LogP contribution in [0.25, 0.3) is 11.5 Å². The third-order valence-electron chi connectivity index (χ3n) is 3.74. The van der Waals surface area contributed by atoms with Crippen molar-refractivity contribution in [2.45, 2.75) is 19.9 Å². The molecular formula is C18H15BrN2O2S. The van der Waals surface area contributed by atoms with Crippen LogP contribution in [-0.4, -0.2) is 15.6 Å². The molecule has 3 rings (SSSR count). The van der Waals surface area contributed by atoms with E-state index in [0.717, 1.165) is 15.6 Å². The molecule has 0 saturated heterocycles. The second-order valence-corrected chi connectivity index (χ2v) is 6.80. The van der Waals surface area contributed by atoms with Crippen molar-refractivity contribution in [3.63, 3.8) is 0 Å². The van der Waals surface area contributed by atoms with Gasteiger partial charge in [0.15, 0.2) is 5.78 Å².